The van der Waals surface area contributed by atoms with Crippen LogP contribution < -0.4 is 0 Å². The third kappa shape index (κ3) is 4.53. The Hall–Kier alpha value is -1.02. The van der Waals surface area contributed by atoms with E-state index in [2.05, 4.69) is 6.92 Å². The van der Waals surface area contributed by atoms with Crippen molar-refractivity contribution in [2.24, 2.45) is 10.9 Å². The number of fused-ring (bicyclic) bond motifs is 1. The van der Waals surface area contributed by atoms with Gasteiger partial charge in [0.2, 0.25) is 0 Å². The summed E-state index contributed by atoms with van der Waals surface area (Å²) in [6.07, 6.45) is 5.21. The van der Waals surface area contributed by atoms with Crippen LogP contribution in [0.3, 0.4) is 0 Å². The first-order chi connectivity index (χ1) is 11.5. The van der Waals surface area contributed by atoms with Crippen LogP contribution >= 0.6 is 34.8 Å². The van der Waals surface area contributed by atoms with Crippen molar-refractivity contribution < 1.29 is 0 Å². The maximum Gasteiger partial charge on any atom is 0.0666 e. The monoisotopic (exact) mass is 379 g/mol. The Morgan fingerprint density at radius 3 is 2.46 bits per heavy atom. The second-order valence-electron chi connectivity index (χ2n) is 6.42. The molecule has 0 fully saturated rings. The van der Waals surface area contributed by atoms with E-state index in [4.69, 9.17) is 39.8 Å². The highest BCUT2D eigenvalue weighted by Gasteiger charge is 2.18. The summed E-state index contributed by atoms with van der Waals surface area (Å²) in [4.78, 5) is 4.78. The van der Waals surface area contributed by atoms with Crippen molar-refractivity contribution in [1.29, 1.82) is 0 Å². The number of hydrogen-bond acceptors (Lipinski definition) is 1. The lowest BCUT2D eigenvalue weighted by atomic mass is 9.91. The van der Waals surface area contributed by atoms with Crippen LogP contribution in [-0.2, 0) is 12.8 Å². The first-order valence-corrected chi connectivity index (χ1v) is 9.46. The zero-order valence-electron chi connectivity index (χ0n) is 13.7. The predicted octanol–water partition coefficient (Wildman–Crippen LogP) is 7.32. The molecule has 1 aliphatic heterocycles. The molecule has 24 heavy (non-hydrogen) atoms. The minimum Gasteiger partial charge on any atom is -0.257 e. The molecule has 1 aliphatic rings. The third-order valence-electron chi connectivity index (χ3n) is 4.58. The molecule has 0 unspecified atom stereocenters. The maximum atomic E-state index is 6.09. The van der Waals surface area contributed by atoms with Gasteiger partial charge in [-0.3, -0.25) is 4.99 Å². The van der Waals surface area contributed by atoms with Crippen LogP contribution in [0.4, 0.5) is 5.69 Å². The first kappa shape index (κ1) is 17.8. The lowest BCUT2D eigenvalue weighted by Crippen LogP contribution is -2.09. The van der Waals surface area contributed by atoms with E-state index in [0.29, 0.717) is 16.0 Å². The summed E-state index contributed by atoms with van der Waals surface area (Å²) in [6, 6.07) is 11.7. The van der Waals surface area contributed by atoms with Crippen LogP contribution in [-0.4, -0.2) is 5.71 Å². The SMILES string of the molecule is CC[C@H](CCc1cc(Cl)cc(Cl)c1)CC1=Nc2ccc(Cl)cc2C1. The van der Waals surface area contributed by atoms with Gasteiger partial charge in [0.05, 0.1) is 5.69 Å². The van der Waals surface area contributed by atoms with Gasteiger partial charge in [-0.25, -0.2) is 0 Å². The summed E-state index contributed by atoms with van der Waals surface area (Å²) in [7, 11) is 0. The molecule has 1 nitrogen and oxygen atoms in total. The van der Waals surface area contributed by atoms with E-state index in [1.165, 1.54) is 16.8 Å². The maximum absolute atomic E-state index is 6.09. The normalized spacial score (nSPS) is 14.4. The van der Waals surface area contributed by atoms with Gasteiger partial charge in [0.1, 0.15) is 0 Å². The summed E-state index contributed by atoms with van der Waals surface area (Å²) < 4.78 is 0. The van der Waals surface area contributed by atoms with Gasteiger partial charge in [-0.1, -0.05) is 48.1 Å². The van der Waals surface area contributed by atoms with E-state index in [0.717, 1.165) is 42.8 Å². The molecule has 3 rings (SSSR count). The summed E-state index contributed by atoms with van der Waals surface area (Å²) in [5, 5.41) is 2.20. The van der Waals surface area contributed by atoms with Crippen molar-refractivity contribution in [2.45, 2.75) is 39.0 Å². The van der Waals surface area contributed by atoms with Crippen molar-refractivity contribution in [3.8, 4) is 0 Å². The van der Waals surface area contributed by atoms with Gasteiger partial charge in [0.25, 0.3) is 0 Å². The molecular weight excluding hydrogens is 361 g/mol. The van der Waals surface area contributed by atoms with Crippen molar-refractivity contribution in [2.75, 3.05) is 0 Å². The van der Waals surface area contributed by atoms with Gasteiger partial charge >= 0.3 is 0 Å². The Balaban J connectivity index is 1.60. The summed E-state index contributed by atoms with van der Waals surface area (Å²) in [6.45, 7) is 2.25. The van der Waals surface area contributed by atoms with Gasteiger partial charge in [-0.2, -0.15) is 0 Å². The largest absolute Gasteiger partial charge is 0.257 e. The van der Waals surface area contributed by atoms with Crippen LogP contribution in [0.15, 0.2) is 41.4 Å². The van der Waals surface area contributed by atoms with Gasteiger partial charge in [-0.15, -0.1) is 0 Å². The standard InChI is InChI=1S/C20H20Cl3N/c1-2-13(3-4-14-7-17(22)12-18(23)8-14)9-19-11-15-10-16(21)5-6-20(15)24-19/h5-8,10,12-13H,2-4,9,11H2,1H3/t13-/m1/s1. The van der Waals surface area contributed by atoms with Gasteiger partial charge < -0.3 is 0 Å². The summed E-state index contributed by atoms with van der Waals surface area (Å²) in [5.41, 5.74) is 4.79. The second kappa shape index (κ2) is 7.91. The Labute approximate surface area is 158 Å². The van der Waals surface area contributed by atoms with Crippen LogP contribution in [0.25, 0.3) is 0 Å². The van der Waals surface area contributed by atoms with Crippen LogP contribution in [0.2, 0.25) is 15.1 Å². The van der Waals surface area contributed by atoms with E-state index in [1.54, 1.807) is 6.07 Å². The fourth-order valence-corrected chi connectivity index (χ4v) is 4.03. The minimum absolute atomic E-state index is 0.617. The molecule has 0 saturated carbocycles. The number of rotatable bonds is 6. The molecule has 0 aromatic heterocycles. The minimum atomic E-state index is 0.617. The molecular formula is C20H20Cl3N. The molecule has 0 bridgehead atoms. The molecule has 1 heterocycles. The van der Waals surface area contributed by atoms with E-state index in [9.17, 15) is 0 Å². The highest BCUT2D eigenvalue weighted by Crippen LogP contribution is 2.32. The molecule has 126 valence electrons. The van der Waals surface area contributed by atoms with Gasteiger partial charge in [-0.05, 0) is 72.7 Å². The highest BCUT2D eigenvalue weighted by molar-refractivity contribution is 6.34. The van der Waals surface area contributed by atoms with Gasteiger partial charge in [0.15, 0.2) is 0 Å². The fraction of sp³-hybridized carbons (Fsp3) is 0.350. The smallest absolute Gasteiger partial charge is 0.0666 e. The van der Waals surface area contributed by atoms with Crippen molar-refractivity contribution >= 4 is 46.2 Å². The third-order valence-corrected chi connectivity index (χ3v) is 5.25. The number of aryl methyl sites for hydroxylation is 1. The molecule has 0 aliphatic carbocycles. The number of benzene rings is 2. The average molecular weight is 381 g/mol. The molecule has 1 atom stereocenters. The Morgan fingerprint density at radius 2 is 1.75 bits per heavy atom. The molecule has 2 aromatic rings. The predicted molar refractivity (Wildman–Crippen MR) is 105 cm³/mol. The second-order valence-corrected chi connectivity index (χ2v) is 7.73. The Morgan fingerprint density at radius 1 is 1.00 bits per heavy atom. The molecule has 4 heteroatoms. The average Bonchev–Trinajstić information content (AvgIpc) is 2.91. The number of nitrogens with zero attached hydrogens (tertiary/aromatic N) is 1. The molecule has 0 saturated heterocycles. The molecule has 0 N–H and O–H groups in total. The topological polar surface area (TPSA) is 12.4 Å². The number of aliphatic imine (C=N–C) groups is 1. The van der Waals surface area contributed by atoms with E-state index in [-0.39, 0.29) is 0 Å². The summed E-state index contributed by atoms with van der Waals surface area (Å²) in [5.74, 6) is 0.617. The lowest BCUT2D eigenvalue weighted by molar-refractivity contribution is 0.486. The van der Waals surface area contributed by atoms with Crippen LogP contribution in [0.1, 0.15) is 37.3 Å². The van der Waals surface area contributed by atoms with Crippen LogP contribution in [0.5, 0.6) is 0 Å². The van der Waals surface area contributed by atoms with Crippen LogP contribution in [0, 0.1) is 5.92 Å². The first-order valence-electron chi connectivity index (χ1n) is 8.33. The van der Waals surface area contributed by atoms with E-state index >= 15 is 0 Å². The number of hydrogen-bond donors (Lipinski definition) is 0. The quantitative estimate of drug-likeness (QED) is 0.497. The Bertz CT molecular complexity index is 747. The van der Waals surface area contributed by atoms with E-state index in [1.807, 2.05) is 30.3 Å². The number of halogens is 3. The van der Waals surface area contributed by atoms with Crippen molar-refractivity contribution in [3.63, 3.8) is 0 Å². The fourth-order valence-electron chi connectivity index (χ4n) is 3.26. The van der Waals surface area contributed by atoms with Gasteiger partial charge in [0, 0.05) is 27.2 Å². The molecule has 0 spiro atoms. The lowest BCUT2D eigenvalue weighted by Gasteiger charge is -2.15. The van der Waals surface area contributed by atoms with Crippen molar-refractivity contribution in [3.05, 3.63) is 62.6 Å². The van der Waals surface area contributed by atoms with E-state index < -0.39 is 0 Å². The van der Waals surface area contributed by atoms with Crippen molar-refractivity contribution in [1.82, 2.24) is 0 Å². The zero-order valence-corrected chi connectivity index (χ0v) is 15.9. The molecule has 0 amide bonds. The zero-order chi connectivity index (χ0) is 17.1. The Kier molecular flexibility index (Phi) is 5.86. The summed E-state index contributed by atoms with van der Waals surface area (Å²) >= 11 is 18.2. The molecule has 0 radical (unpaired) electrons. The molecule has 2 aromatic carbocycles. The highest BCUT2D eigenvalue weighted by atomic mass is 35.5.